The zero-order valence-corrected chi connectivity index (χ0v) is 9.66. The molecule has 1 aliphatic carbocycles. The topological polar surface area (TPSA) is 38.5 Å². The van der Waals surface area contributed by atoms with Gasteiger partial charge in [-0.15, -0.1) is 0 Å². The van der Waals surface area contributed by atoms with Crippen LogP contribution < -0.4 is 5.73 Å². The zero-order chi connectivity index (χ0) is 10.5. The van der Waals surface area contributed by atoms with Crippen molar-refractivity contribution >= 4 is 0 Å². The second-order valence-electron chi connectivity index (χ2n) is 4.95. The predicted molar refractivity (Wildman–Crippen MR) is 61.8 cm³/mol. The third-order valence-corrected chi connectivity index (χ3v) is 3.77. The Hall–Kier alpha value is -0.120. The van der Waals surface area contributed by atoms with Crippen molar-refractivity contribution < 1.29 is 4.74 Å². The first kappa shape index (κ1) is 11.4. The molecule has 2 aliphatic rings. The molecule has 2 fully saturated rings. The van der Waals surface area contributed by atoms with Crippen molar-refractivity contribution in [3.05, 3.63) is 0 Å². The van der Waals surface area contributed by atoms with E-state index < -0.39 is 0 Å². The summed E-state index contributed by atoms with van der Waals surface area (Å²) in [4.78, 5) is 2.62. The average Bonchev–Trinajstić information content (AvgIpc) is 2.89. The number of nitrogens with two attached hydrogens (primary N) is 1. The van der Waals surface area contributed by atoms with E-state index in [-0.39, 0.29) is 0 Å². The number of nitrogens with zero attached hydrogens (tertiary/aromatic N) is 1. The first-order valence-electron chi connectivity index (χ1n) is 6.42. The Morgan fingerprint density at radius 1 is 1.20 bits per heavy atom. The minimum absolute atomic E-state index is 0.761. The van der Waals surface area contributed by atoms with Crippen LogP contribution in [0, 0.1) is 5.92 Å². The fourth-order valence-corrected chi connectivity index (χ4v) is 2.92. The fourth-order valence-electron chi connectivity index (χ4n) is 2.92. The third-order valence-electron chi connectivity index (χ3n) is 3.77. The molecule has 0 spiro atoms. The smallest absolute Gasteiger partial charge is 0.0507 e. The summed E-state index contributed by atoms with van der Waals surface area (Å²) in [6.07, 6.45) is 6.83. The molecule has 2 N–H and O–H groups in total. The van der Waals surface area contributed by atoms with E-state index in [0.717, 1.165) is 38.3 Å². The highest BCUT2D eigenvalue weighted by molar-refractivity contribution is 4.80. The van der Waals surface area contributed by atoms with Gasteiger partial charge in [-0.1, -0.05) is 12.8 Å². The van der Waals surface area contributed by atoms with Crippen LogP contribution in [0.4, 0.5) is 0 Å². The second kappa shape index (κ2) is 5.83. The monoisotopic (exact) mass is 212 g/mol. The Bertz CT molecular complexity index is 174. The van der Waals surface area contributed by atoms with Gasteiger partial charge in [-0.25, -0.2) is 0 Å². The van der Waals surface area contributed by atoms with Crippen molar-refractivity contribution in [1.29, 1.82) is 0 Å². The molecule has 0 aromatic heterocycles. The van der Waals surface area contributed by atoms with Gasteiger partial charge in [0, 0.05) is 32.3 Å². The fraction of sp³-hybridized carbons (Fsp3) is 1.00. The predicted octanol–water partition coefficient (Wildman–Crippen LogP) is 1.23. The SMILES string of the molecule is NCCN(CC1CCOC1)C1CCCC1. The Morgan fingerprint density at radius 2 is 2.00 bits per heavy atom. The number of rotatable bonds is 5. The summed E-state index contributed by atoms with van der Waals surface area (Å²) in [7, 11) is 0. The summed E-state index contributed by atoms with van der Waals surface area (Å²) in [5, 5.41) is 0. The van der Waals surface area contributed by atoms with Gasteiger partial charge in [-0.05, 0) is 25.2 Å². The normalized spacial score (nSPS) is 28.0. The first-order chi connectivity index (χ1) is 7.40. The largest absolute Gasteiger partial charge is 0.381 e. The number of hydrogen-bond donors (Lipinski definition) is 1. The van der Waals surface area contributed by atoms with Crippen LogP contribution in [0.25, 0.3) is 0 Å². The quantitative estimate of drug-likeness (QED) is 0.745. The Morgan fingerprint density at radius 3 is 2.60 bits per heavy atom. The highest BCUT2D eigenvalue weighted by Gasteiger charge is 2.25. The summed E-state index contributed by atoms with van der Waals surface area (Å²) in [5.74, 6) is 0.761. The lowest BCUT2D eigenvalue weighted by atomic mass is 10.1. The molecule has 0 bridgehead atoms. The molecule has 1 unspecified atom stereocenters. The van der Waals surface area contributed by atoms with E-state index in [1.165, 1.54) is 38.6 Å². The van der Waals surface area contributed by atoms with E-state index >= 15 is 0 Å². The minimum atomic E-state index is 0.761. The van der Waals surface area contributed by atoms with Crippen molar-refractivity contribution in [3.8, 4) is 0 Å². The van der Waals surface area contributed by atoms with Crippen LogP contribution in [0.1, 0.15) is 32.1 Å². The highest BCUT2D eigenvalue weighted by Crippen LogP contribution is 2.25. The molecule has 1 aliphatic heterocycles. The molecule has 88 valence electrons. The summed E-state index contributed by atoms with van der Waals surface area (Å²) in [6.45, 7) is 5.01. The van der Waals surface area contributed by atoms with E-state index in [1.54, 1.807) is 0 Å². The lowest BCUT2D eigenvalue weighted by Gasteiger charge is -2.30. The van der Waals surface area contributed by atoms with Crippen molar-refractivity contribution in [3.63, 3.8) is 0 Å². The van der Waals surface area contributed by atoms with Crippen molar-refractivity contribution in [2.24, 2.45) is 11.7 Å². The molecule has 0 aromatic carbocycles. The molecular weight excluding hydrogens is 188 g/mol. The van der Waals surface area contributed by atoms with Crippen LogP contribution in [0.15, 0.2) is 0 Å². The van der Waals surface area contributed by atoms with Crippen LogP contribution in [0.2, 0.25) is 0 Å². The van der Waals surface area contributed by atoms with Crippen LogP contribution in [-0.4, -0.2) is 43.8 Å². The molecule has 3 nitrogen and oxygen atoms in total. The first-order valence-corrected chi connectivity index (χ1v) is 6.42. The molecule has 15 heavy (non-hydrogen) atoms. The summed E-state index contributed by atoms with van der Waals surface area (Å²) >= 11 is 0. The molecule has 1 saturated heterocycles. The molecular formula is C12H24N2O. The molecule has 0 amide bonds. The second-order valence-corrected chi connectivity index (χ2v) is 4.95. The molecule has 1 atom stereocenters. The van der Waals surface area contributed by atoms with Crippen molar-refractivity contribution in [1.82, 2.24) is 4.90 Å². The van der Waals surface area contributed by atoms with Gasteiger partial charge in [-0.2, -0.15) is 0 Å². The average molecular weight is 212 g/mol. The summed E-state index contributed by atoms with van der Waals surface area (Å²) in [5.41, 5.74) is 5.70. The van der Waals surface area contributed by atoms with Gasteiger partial charge in [0.25, 0.3) is 0 Å². The van der Waals surface area contributed by atoms with Crippen LogP contribution in [-0.2, 0) is 4.74 Å². The van der Waals surface area contributed by atoms with Crippen LogP contribution in [0.3, 0.4) is 0 Å². The summed E-state index contributed by atoms with van der Waals surface area (Å²) < 4.78 is 5.44. The lowest BCUT2D eigenvalue weighted by Crippen LogP contribution is -2.40. The van der Waals surface area contributed by atoms with Gasteiger partial charge in [0.05, 0.1) is 6.61 Å². The Kier molecular flexibility index (Phi) is 4.42. The Balaban J connectivity index is 1.81. The minimum Gasteiger partial charge on any atom is -0.381 e. The molecule has 0 radical (unpaired) electrons. The van der Waals surface area contributed by atoms with Crippen molar-refractivity contribution in [2.45, 2.75) is 38.1 Å². The molecule has 2 rings (SSSR count). The van der Waals surface area contributed by atoms with Gasteiger partial charge >= 0.3 is 0 Å². The molecule has 1 heterocycles. The van der Waals surface area contributed by atoms with Gasteiger partial charge < -0.3 is 10.5 Å². The number of hydrogen-bond acceptors (Lipinski definition) is 3. The Labute approximate surface area is 93.0 Å². The lowest BCUT2D eigenvalue weighted by molar-refractivity contribution is 0.146. The third kappa shape index (κ3) is 3.16. The maximum atomic E-state index is 5.70. The molecule has 0 aromatic rings. The van der Waals surface area contributed by atoms with Crippen LogP contribution in [0.5, 0.6) is 0 Å². The van der Waals surface area contributed by atoms with Gasteiger partial charge in [0.1, 0.15) is 0 Å². The molecule has 1 saturated carbocycles. The van der Waals surface area contributed by atoms with E-state index in [9.17, 15) is 0 Å². The van der Waals surface area contributed by atoms with E-state index in [1.807, 2.05) is 0 Å². The standard InChI is InChI=1S/C12H24N2O/c13-6-7-14(12-3-1-2-4-12)9-11-5-8-15-10-11/h11-12H,1-10,13H2. The van der Waals surface area contributed by atoms with E-state index in [4.69, 9.17) is 10.5 Å². The van der Waals surface area contributed by atoms with E-state index in [0.29, 0.717) is 0 Å². The summed E-state index contributed by atoms with van der Waals surface area (Å²) in [6, 6.07) is 0.814. The maximum Gasteiger partial charge on any atom is 0.0507 e. The van der Waals surface area contributed by atoms with Crippen molar-refractivity contribution in [2.75, 3.05) is 32.8 Å². The maximum absolute atomic E-state index is 5.70. The van der Waals surface area contributed by atoms with Crippen LogP contribution >= 0.6 is 0 Å². The number of ether oxygens (including phenoxy) is 1. The van der Waals surface area contributed by atoms with Gasteiger partial charge in [-0.3, -0.25) is 4.90 Å². The van der Waals surface area contributed by atoms with Gasteiger partial charge in [0.2, 0.25) is 0 Å². The highest BCUT2D eigenvalue weighted by atomic mass is 16.5. The van der Waals surface area contributed by atoms with Gasteiger partial charge in [0.15, 0.2) is 0 Å². The van der Waals surface area contributed by atoms with E-state index in [2.05, 4.69) is 4.90 Å². The molecule has 3 heteroatoms. The zero-order valence-electron chi connectivity index (χ0n) is 9.66.